The number of fused-ring (bicyclic) bond motifs is 1. The Morgan fingerprint density at radius 3 is 3.07 bits per heavy atom. The van der Waals surface area contributed by atoms with E-state index in [0.29, 0.717) is 6.54 Å². The number of amides is 1. The van der Waals surface area contributed by atoms with Crippen molar-refractivity contribution in [2.24, 2.45) is 5.92 Å². The van der Waals surface area contributed by atoms with Crippen LogP contribution in [0.15, 0.2) is 22.8 Å². The highest BCUT2D eigenvalue weighted by Gasteiger charge is 2.29. The molecule has 2 aromatic heterocycles. The smallest absolute Gasteiger partial charge is 0.227 e. The van der Waals surface area contributed by atoms with Crippen molar-refractivity contribution in [3.63, 3.8) is 0 Å². The van der Waals surface area contributed by atoms with Gasteiger partial charge in [-0.05, 0) is 62.8 Å². The summed E-state index contributed by atoms with van der Waals surface area (Å²) in [5, 5.41) is 7.75. The normalized spacial score (nSPS) is 20.9. The second kappa shape index (κ2) is 8.30. The number of carbonyl (C=O) groups excluding carboxylic acids is 1. The Hall–Kier alpha value is -2.08. The second-order valence-electron chi connectivity index (χ2n) is 8.04. The van der Waals surface area contributed by atoms with Crippen molar-refractivity contribution in [1.29, 1.82) is 0 Å². The maximum absolute atomic E-state index is 13.0. The van der Waals surface area contributed by atoms with Gasteiger partial charge in [0.15, 0.2) is 0 Å². The van der Waals surface area contributed by atoms with Gasteiger partial charge < -0.3 is 9.32 Å². The van der Waals surface area contributed by atoms with Crippen LogP contribution < -0.4 is 0 Å². The number of H-pyrrole nitrogens is 1. The van der Waals surface area contributed by atoms with Crippen molar-refractivity contribution in [3.8, 4) is 0 Å². The summed E-state index contributed by atoms with van der Waals surface area (Å²) in [7, 11) is 1.92. The van der Waals surface area contributed by atoms with Crippen LogP contribution in [0.2, 0.25) is 0 Å². The van der Waals surface area contributed by atoms with Crippen LogP contribution in [0.25, 0.3) is 0 Å². The lowest BCUT2D eigenvalue weighted by atomic mass is 9.96. The van der Waals surface area contributed by atoms with Gasteiger partial charge in [0, 0.05) is 19.3 Å². The lowest BCUT2D eigenvalue weighted by molar-refractivity contribution is -0.136. The third kappa shape index (κ3) is 4.26. The Morgan fingerprint density at radius 2 is 2.22 bits per heavy atom. The van der Waals surface area contributed by atoms with Crippen LogP contribution in [0.5, 0.6) is 0 Å². The molecule has 0 radical (unpaired) electrons. The van der Waals surface area contributed by atoms with Gasteiger partial charge in [0.1, 0.15) is 5.76 Å². The summed E-state index contributed by atoms with van der Waals surface area (Å²) < 4.78 is 5.46. The van der Waals surface area contributed by atoms with E-state index in [1.54, 1.807) is 6.26 Å². The summed E-state index contributed by atoms with van der Waals surface area (Å²) in [4.78, 5) is 17.3. The number of piperidine rings is 1. The Balaban J connectivity index is 1.36. The highest BCUT2D eigenvalue weighted by atomic mass is 16.3. The molecule has 2 aromatic rings. The van der Waals surface area contributed by atoms with Gasteiger partial charge in [-0.3, -0.25) is 14.8 Å². The molecule has 0 bridgehead atoms. The lowest BCUT2D eigenvalue weighted by Crippen LogP contribution is -2.43. The van der Waals surface area contributed by atoms with E-state index in [9.17, 15) is 4.79 Å². The van der Waals surface area contributed by atoms with Crippen molar-refractivity contribution in [3.05, 3.63) is 41.1 Å². The molecule has 1 amide bonds. The zero-order valence-electron chi connectivity index (χ0n) is 16.2. The molecule has 6 nitrogen and oxygen atoms in total. The third-order valence-electron chi connectivity index (χ3n) is 5.97. The van der Waals surface area contributed by atoms with Crippen molar-refractivity contribution in [2.75, 3.05) is 20.1 Å². The molecule has 1 aliphatic carbocycles. The van der Waals surface area contributed by atoms with Crippen molar-refractivity contribution in [1.82, 2.24) is 20.0 Å². The van der Waals surface area contributed by atoms with Crippen LogP contribution >= 0.6 is 0 Å². The maximum Gasteiger partial charge on any atom is 0.227 e. The molecule has 0 aromatic carbocycles. The predicted molar refractivity (Wildman–Crippen MR) is 103 cm³/mol. The summed E-state index contributed by atoms with van der Waals surface area (Å²) in [6.45, 7) is 3.23. The zero-order valence-corrected chi connectivity index (χ0v) is 16.2. The number of nitrogens with zero attached hydrogens (tertiary/aromatic N) is 3. The van der Waals surface area contributed by atoms with Crippen molar-refractivity contribution in [2.45, 2.75) is 58.0 Å². The minimum absolute atomic E-state index is 0.0660. The van der Waals surface area contributed by atoms with Gasteiger partial charge in [-0.1, -0.05) is 6.42 Å². The summed E-state index contributed by atoms with van der Waals surface area (Å²) >= 11 is 0. The molecule has 1 aliphatic heterocycles. The summed E-state index contributed by atoms with van der Waals surface area (Å²) in [5.74, 6) is 1.27. The van der Waals surface area contributed by atoms with Crippen LogP contribution in [-0.2, 0) is 30.7 Å². The van der Waals surface area contributed by atoms with E-state index in [2.05, 4.69) is 15.1 Å². The standard InChI is InChI=1S/C21H30N4O2/c1-24(15-20-18-9-3-2-4-10-19(18)22-23-20)21(26)16-7-5-11-25(13-16)14-17-8-6-12-27-17/h6,8,12,16H,2-5,7,9-11,13-15H2,1H3,(H,22,23)/t16-/m0/s1. The Labute approximate surface area is 160 Å². The third-order valence-corrected chi connectivity index (χ3v) is 5.97. The highest BCUT2D eigenvalue weighted by Crippen LogP contribution is 2.24. The highest BCUT2D eigenvalue weighted by molar-refractivity contribution is 5.79. The topological polar surface area (TPSA) is 65.4 Å². The fourth-order valence-electron chi connectivity index (χ4n) is 4.50. The van der Waals surface area contributed by atoms with Crippen LogP contribution in [0.4, 0.5) is 0 Å². The van der Waals surface area contributed by atoms with Gasteiger partial charge in [-0.25, -0.2) is 0 Å². The molecular weight excluding hydrogens is 340 g/mol. The number of rotatable bonds is 5. The fourth-order valence-corrected chi connectivity index (χ4v) is 4.50. The predicted octanol–water partition coefficient (Wildman–Crippen LogP) is 3.14. The lowest BCUT2D eigenvalue weighted by Gasteiger charge is -2.33. The molecule has 146 valence electrons. The average Bonchev–Trinajstić information content (AvgIpc) is 3.25. The van der Waals surface area contributed by atoms with Crippen molar-refractivity contribution < 1.29 is 9.21 Å². The molecule has 6 heteroatoms. The fraction of sp³-hybridized carbons (Fsp3) is 0.619. The molecule has 2 aliphatic rings. The minimum atomic E-state index is 0.0660. The Kier molecular flexibility index (Phi) is 5.62. The van der Waals surface area contributed by atoms with Gasteiger partial charge in [0.2, 0.25) is 5.91 Å². The maximum atomic E-state index is 13.0. The minimum Gasteiger partial charge on any atom is -0.468 e. The van der Waals surface area contributed by atoms with E-state index in [0.717, 1.165) is 56.8 Å². The van der Waals surface area contributed by atoms with Gasteiger partial charge in [-0.15, -0.1) is 0 Å². The molecule has 1 N–H and O–H groups in total. The van der Waals surface area contributed by atoms with Crippen LogP contribution in [0, 0.1) is 5.92 Å². The molecule has 27 heavy (non-hydrogen) atoms. The first kappa shape index (κ1) is 18.3. The number of aromatic amines is 1. The molecule has 0 spiro atoms. The number of nitrogens with one attached hydrogen (secondary N) is 1. The Morgan fingerprint density at radius 1 is 1.33 bits per heavy atom. The molecule has 4 rings (SSSR count). The number of furan rings is 1. The number of hydrogen-bond donors (Lipinski definition) is 1. The first-order chi connectivity index (χ1) is 13.2. The number of aromatic nitrogens is 2. The summed E-state index contributed by atoms with van der Waals surface area (Å²) in [6, 6.07) is 3.92. The monoisotopic (exact) mass is 370 g/mol. The zero-order chi connectivity index (χ0) is 18.6. The largest absolute Gasteiger partial charge is 0.468 e. The van der Waals surface area contributed by atoms with Gasteiger partial charge >= 0.3 is 0 Å². The van der Waals surface area contributed by atoms with E-state index in [1.807, 2.05) is 24.1 Å². The first-order valence-electron chi connectivity index (χ1n) is 10.3. The number of aryl methyl sites for hydroxylation is 1. The SMILES string of the molecule is CN(Cc1n[nH]c2c1CCCCC2)C(=O)[C@H]1CCCN(Cc2ccco2)C1. The van der Waals surface area contributed by atoms with Gasteiger partial charge in [0.25, 0.3) is 0 Å². The molecule has 0 unspecified atom stereocenters. The molecule has 1 atom stereocenters. The molecule has 3 heterocycles. The molecular formula is C21H30N4O2. The molecule has 0 saturated carbocycles. The molecule has 1 saturated heterocycles. The van der Waals surface area contributed by atoms with E-state index in [-0.39, 0.29) is 11.8 Å². The summed E-state index contributed by atoms with van der Waals surface area (Å²) in [6.07, 6.45) is 9.65. The average molecular weight is 370 g/mol. The van der Waals surface area contributed by atoms with Crippen LogP contribution in [-0.4, -0.2) is 46.0 Å². The molecule has 1 fully saturated rings. The van der Waals surface area contributed by atoms with Crippen LogP contribution in [0.3, 0.4) is 0 Å². The van der Waals surface area contributed by atoms with E-state index >= 15 is 0 Å². The number of hydrogen-bond acceptors (Lipinski definition) is 4. The van der Waals surface area contributed by atoms with Crippen molar-refractivity contribution >= 4 is 5.91 Å². The number of carbonyl (C=O) groups is 1. The number of likely N-dealkylation sites (tertiary alicyclic amines) is 1. The van der Waals surface area contributed by atoms with E-state index in [1.165, 1.54) is 30.5 Å². The van der Waals surface area contributed by atoms with E-state index in [4.69, 9.17) is 4.42 Å². The summed E-state index contributed by atoms with van der Waals surface area (Å²) in [5.41, 5.74) is 3.70. The second-order valence-corrected chi connectivity index (χ2v) is 8.04. The quantitative estimate of drug-likeness (QED) is 0.821. The van der Waals surface area contributed by atoms with Gasteiger partial charge in [0.05, 0.1) is 31.0 Å². The van der Waals surface area contributed by atoms with Crippen LogP contribution in [0.1, 0.15) is 54.8 Å². The first-order valence-corrected chi connectivity index (χ1v) is 10.3. The van der Waals surface area contributed by atoms with Gasteiger partial charge in [-0.2, -0.15) is 5.10 Å². The Bertz CT molecular complexity index is 752. The van der Waals surface area contributed by atoms with E-state index < -0.39 is 0 Å².